The van der Waals surface area contributed by atoms with Crippen molar-refractivity contribution >= 4 is 9.84 Å². The summed E-state index contributed by atoms with van der Waals surface area (Å²) in [5.74, 6) is 0.0298. The lowest BCUT2D eigenvalue weighted by molar-refractivity contribution is 0.165. The fourth-order valence-electron chi connectivity index (χ4n) is 1.54. The van der Waals surface area contributed by atoms with Crippen molar-refractivity contribution in [1.29, 1.82) is 0 Å². The molecule has 0 aromatic rings. The number of rotatable bonds is 2. The molecule has 1 aliphatic carbocycles. The molecule has 1 unspecified atom stereocenters. The third kappa shape index (κ3) is 1.78. The summed E-state index contributed by atoms with van der Waals surface area (Å²) in [7, 11) is -2.98. The zero-order chi connectivity index (χ0) is 8.77. The van der Waals surface area contributed by atoms with E-state index in [2.05, 4.69) is 5.32 Å². The molecule has 2 aliphatic rings. The van der Waals surface area contributed by atoms with Crippen LogP contribution < -0.4 is 5.32 Å². The predicted molar refractivity (Wildman–Crippen MR) is 44.6 cm³/mol. The van der Waals surface area contributed by atoms with Crippen LogP contribution in [-0.4, -0.2) is 43.2 Å². The Morgan fingerprint density at radius 2 is 1.92 bits per heavy atom. The Labute approximate surface area is 71.9 Å². The molecule has 2 rings (SSSR count). The summed E-state index contributed by atoms with van der Waals surface area (Å²) < 4.78 is 22.1. The summed E-state index contributed by atoms with van der Waals surface area (Å²) in [5, 5.41) is 12.5. The van der Waals surface area contributed by atoms with Crippen molar-refractivity contribution in [2.24, 2.45) is 0 Å². The molecule has 0 spiro atoms. The Kier molecular flexibility index (Phi) is 1.89. The van der Waals surface area contributed by atoms with Gasteiger partial charge in [-0.15, -0.1) is 0 Å². The average molecular weight is 191 g/mol. The van der Waals surface area contributed by atoms with E-state index in [0.717, 1.165) is 12.8 Å². The first-order valence-electron chi connectivity index (χ1n) is 4.21. The minimum Gasteiger partial charge on any atom is -0.390 e. The first kappa shape index (κ1) is 8.47. The van der Waals surface area contributed by atoms with E-state index in [0.29, 0.717) is 6.04 Å². The Morgan fingerprint density at radius 1 is 1.25 bits per heavy atom. The lowest BCUT2D eigenvalue weighted by Crippen LogP contribution is -2.40. The Hall–Kier alpha value is -0.130. The van der Waals surface area contributed by atoms with Gasteiger partial charge in [-0.2, -0.15) is 0 Å². The van der Waals surface area contributed by atoms with Crippen molar-refractivity contribution < 1.29 is 13.5 Å². The van der Waals surface area contributed by atoms with Crippen LogP contribution in [0.4, 0.5) is 0 Å². The van der Waals surface area contributed by atoms with Gasteiger partial charge in [0.2, 0.25) is 0 Å². The fraction of sp³-hybridized carbons (Fsp3) is 1.00. The second kappa shape index (κ2) is 2.68. The van der Waals surface area contributed by atoms with Crippen LogP contribution in [0.3, 0.4) is 0 Å². The average Bonchev–Trinajstić information content (AvgIpc) is 2.63. The van der Waals surface area contributed by atoms with Crippen LogP contribution in [0.5, 0.6) is 0 Å². The maximum absolute atomic E-state index is 11.1. The summed E-state index contributed by atoms with van der Waals surface area (Å²) in [6, 6.07) is 0.237. The molecule has 2 N–H and O–H groups in total. The van der Waals surface area contributed by atoms with Crippen molar-refractivity contribution in [1.82, 2.24) is 5.32 Å². The molecule has 4 nitrogen and oxygen atoms in total. The molecule has 1 saturated heterocycles. The molecular formula is C7H13NO3S. The maximum atomic E-state index is 11.1. The molecule has 1 saturated carbocycles. The monoisotopic (exact) mass is 191 g/mol. The highest BCUT2D eigenvalue weighted by atomic mass is 32.2. The molecule has 70 valence electrons. The van der Waals surface area contributed by atoms with Gasteiger partial charge in [0.15, 0.2) is 9.84 Å². The highest BCUT2D eigenvalue weighted by molar-refractivity contribution is 7.91. The Bertz CT molecular complexity index is 270. The molecule has 12 heavy (non-hydrogen) atoms. The van der Waals surface area contributed by atoms with Crippen LogP contribution in [0, 0.1) is 0 Å². The minimum atomic E-state index is -2.98. The van der Waals surface area contributed by atoms with E-state index in [1.165, 1.54) is 0 Å². The van der Waals surface area contributed by atoms with Crippen LogP contribution in [-0.2, 0) is 9.84 Å². The topological polar surface area (TPSA) is 66.4 Å². The van der Waals surface area contributed by atoms with Crippen LogP contribution >= 0.6 is 0 Å². The van der Waals surface area contributed by atoms with Crippen molar-refractivity contribution in [3.8, 4) is 0 Å². The van der Waals surface area contributed by atoms with E-state index in [-0.39, 0.29) is 17.5 Å². The normalized spacial score (nSPS) is 40.1. The minimum absolute atomic E-state index is 0.0720. The zero-order valence-electron chi connectivity index (χ0n) is 6.73. The van der Waals surface area contributed by atoms with Crippen molar-refractivity contribution in [2.75, 3.05) is 11.5 Å². The van der Waals surface area contributed by atoms with E-state index in [1.54, 1.807) is 0 Å². The molecule has 1 heterocycles. The van der Waals surface area contributed by atoms with Gasteiger partial charge >= 0.3 is 0 Å². The van der Waals surface area contributed by atoms with E-state index < -0.39 is 15.9 Å². The highest BCUT2D eigenvalue weighted by Crippen LogP contribution is 2.22. The van der Waals surface area contributed by atoms with Gasteiger partial charge in [-0.3, -0.25) is 0 Å². The van der Waals surface area contributed by atoms with Gasteiger partial charge in [-0.1, -0.05) is 0 Å². The lowest BCUT2D eigenvalue weighted by Gasteiger charge is -2.13. The number of aliphatic hydroxyl groups is 1. The zero-order valence-corrected chi connectivity index (χ0v) is 7.55. The van der Waals surface area contributed by atoms with E-state index in [4.69, 9.17) is 0 Å². The largest absolute Gasteiger partial charge is 0.390 e. The SMILES string of the molecule is O=S1(=O)CC(O)[C@@H](NC2CC2)C1. The van der Waals surface area contributed by atoms with E-state index in [9.17, 15) is 13.5 Å². The van der Waals surface area contributed by atoms with Crippen molar-refractivity contribution in [3.63, 3.8) is 0 Å². The molecule has 0 radical (unpaired) electrons. The van der Waals surface area contributed by atoms with E-state index in [1.807, 2.05) is 0 Å². The van der Waals surface area contributed by atoms with Gasteiger partial charge in [0, 0.05) is 12.1 Å². The molecule has 1 aliphatic heterocycles. The molecular weight excluding hydrogens is 178 g/mol. The van der Waals surface area contributed by atoms with Gasteiger partial charge in [0.25, 0.3) is 0 Å². The third-order valence-corrected chi connectivity index (χ3v) is 4.07. The fourth-order valence-corrected chi connectivity index (χ4v) is 3.30. The standard InChI is InChI=1S/C7H13NO3S/c9-7-4-12(10,11)3-6(7)8-5-1-2-5/h5-9H,1-4H2/t6-,7?/m0/s1. The molecule has 0 bridgehead atoms. The van der Waals surface area contributed by atoms with Crippen LogP contribution in [0.25, 0.3) is 0 Å². The van der Waals surface area contributed by atoms with Gasteiger partial charge in [0.1, 0.15) is 0 Å². The summed E-state index contributed by atoms with van der Waals surface area (Å²) in [6.07, 6.45) is 1.53. The highest BCUT2D eigenvalue weighted by Gasteiger charge is 2.38. The van der Waals surface area contributed by atoms with Crippen LogP contribution in [0.1, 0.15) is 12.8 Å². The lowest BCUT2D eigenvalue weighted by atomic mass is 10.2. The number of nitrogens with one attached hydrogen (secondary N) is 1. The molecule has 5 heteroatoms. The number of sulfone groups is 1. The first-order valence-corrected chi connectivity index (χ1v) is 6.03. The third-order valence-electron chi connectivity index (χ3n) is 2.35. The smallest absolute Gasteiger partial charge is 0.154 e. The maximum Gasteiger partial charge on any atom is 0.154 e. The quantitative estimate of drug-likeness (QED) is 0.581. The summed E-state index contributed by atoms with van der Waals surface area (Å²) >= 11 is 0. The predicted octanol–water partition coefficient (Wildman–Crippen LogP) is -1.10. The van der Waals surface area contributed by atoms with E-state index >= 15 is 0 Å². The molecule has 2 fully saturated rings. The van der Waals surface area contributed by atoms with Gasteiger partial charge in [-0.05, 0) is 12.8 Å². The Balaban J connectivity index is 1.98. The summed E-state index contributed by atoms with van der Waals surface area (Å²) in [5.41, 5.74) is 0. The number of aliphatic hydroxyl groups excluding tert-OH is 1. The molecule has 2 atom stereocenters. The number of hydrogen-bond donors (Lipinski definition) is 2. The van der Waals surface area contributed by atoms with Gasteiger partial charge < -0.3 is 10.4 Å². The van der Waals surface area contributed by atoms with Crippen LogP contribution in [0.15, 0.2) is 0 Å². The summed E-state index contributed by atoms with van der Waals surface area (Å²) in [6.45, 7) is 0. The van der Waals surface area contributed by atoms with Gasteiger partial charge in [-0.25, -0.2) is 8.42 Å². The van der Waals surface area contributed by atoms with Crippen molar-refractivity contribution in [3.05, 3.63) is 0 Å². The second-order valence-electron chi connectivity index (χ2n) is 3.69. The second-order valence-corrected chi connectivity index (χ2v) is 5.85. The number of hydrogen-bond acceptors (Lipinski definition) is 4. The Morgan fingerprint density at radius 3 is 2.33 bits per heavy atom. The molecule has 0 amide bonds. The molecule has 0 aromatic carbocycles. The first-order chi connectivity index (χ1) is 5.57. The van der Waals surface area contributed by atoms with Crippen LogP contribution in [0.2, 0.25) is 0 Å². The van der Waals surface area contributed by atoms with Gasteiger partial charge in [0.05, 0.1) is 17.6 Å². The van der Waals surface area contributed by atoms with Crippen molar-refractivity contribution in [2.45, 2.75) is 31.0 Å². The summed E-state index contributed by atoms with van der Waals surface area (Å²) in [4.78, 5) is 0. The molecule has 0 aromatic heterocycles.